The van der Waals surface area contributed by atoms with E-state index < -0.39 is 0 Å². The first-order chi connectivity index (χ1) is 17.3. The molecule has 1 saturated carbocycles. The van der Waals surface area contributed by atoms with E-state index in [0.717, 1.165) is 54.6 Å². The molecule has 0 atom stereocenters. The Labute approximate surface area is 218 Å². The summed E-state index contributed by atoms with van der Waals surface area (Å²) in [5, 5.41) is 7.75. The van der Waals surface area contributed by atoms with E-state index in [1.807, 2.05) is 71.4 Å². The maximum Gasteiger partial charge on any atom is 0.259 e. The topological polar surface area (TPSA) is 50.2 Å². The highest BCUT2D eigenvalue weighted by Gasteiger charge is 2.26. The molecule has 184 valence electrons. The maximum absolute atomic E-state index is 13.5. The monoisotopic (exact) mass is 498 g/mol. The van der Waals surface area contributed by atoms with Gasteiger partial charge in [0.25, 0.3) is 5.91 Å². The largest absolute Gasteiger partial charge is 0.322 e. The van der Waals surface area contributed by atoms with Gasteiger partial charge in [-0.3, -0.25) is 9.69 Å². The minimum Gasteiger partial charge on any atom is -0.322 e. The lowest BCUT2D eigenvalue weighted by Crippen LogP contribution is -2.41. The fourth-order valence-corrected chi connectivity index (χ4v) is 5.29. The van der Waals surface area contributed by atoms with Crippen molar-refractivity contribution >= 4 is 24.0 Å². The van der Waals surface area contributed by atoms with E-state index in [4.69, 9.17) is 0 Å². The van der Waals surface area contributed by atoms with Gasteiger partial charge >= 0.3 is 0 Å². The number of rotatable bonds is 5. The second-order valence-corrected chi connectivity index (χ2v) is 9.58. The zero-order valence-corrected chi connectivity index (χ0v) is 21.1. The van der Waals surface area contributed by atoms with Gasteiger partial charge in [0.15, 0.2) is 0 Å². The number of nitrogens with one attached hydrogen (secondary N) is 1. The number of benzene rings is 3. The first kappa shape index (κ1) is 24.3. The molecule has 0 spiro atoms. The van der Waals surface area contributed by atoms with Crippen LogP contribution in [-0.4, -0.2) is 39.7 Å². The Balaban J connectivity index is 0.00000267. The molecule has 36 heavy (non-hydrogen) atoms. The minimum absolute atomic E-state index is 0. The average Bonchev–Trinajstić information content (AvgIpc) is 3.22. The Morgan fingerprint density at radius 2 is 1.56 bits per heavy atom. The molecule has 0 unspecified atom stereocenters. The lowest BCUT2D eigenvalue weighted by atomic mass is 9.91. The molecule has 4 aromatic rings. The third kappa shape index (κ3) is 4.81. The molecule has 0 bridgehead atoms. The molecule has 1 N–H and O–H groups in total. The number of carbonyl (C=O) groups is 1. The van der Waals surface area contributed by atoms with Crippen LogP contribution in [0.5, 0.6) is 0 Å². The lowest BCUT2D eigenvalue weighted by molar-refractivity contribution is 0.102. The quantitative estimate of drug-likeness (QED) is 0.358. The van der Waals surface area contributed by atoms with Crippen molar-refractivity contribution in [2.45, 2.75) is 38.1 Å². The van der Waals surface area contributed by atoms with Gasteiger partial charge in [0, 0.05) is 30.4 Å². The summed E-state index contributed by atoms with van der Waals surface area (Å²) >= 11 is 0. The van der Waals surface area contributed by atoms with Crippen molar-refractivity contribution in [2.75, 3.05) is 18.4 Å². The molecule has 1 aliphatic heterocycles. The van der Waals surface area contributed by atoms with E-state index in [1.165, 1.54) is 30.4 Å². The Morgan fingerprint density at radius 3 is 2.25 bits per heavy atom. The first-order valence-corrected chi connectivity index (χ1v) is 12.6. The number of para-hydroxylation sites is 1. The van der Waals surface area contributed by atoms with Gasteiger partial charge in [-0.1, -0.05) is 61.0 Å². The molecule has 1 fully saturated rings. The third-order valence-electron chi connectivity index (χ3n) is 7.45. The van der Waals surface area contributed by atoms with Crippen LogP contribution in [0.3, 0.4) is 0 Å². The molecule has 1 aliphatic carbocycles. The van der Waals surface area contributed by atoms with Crippen molar-refractivity contribution in [3.8, 4) is 16.9 Å². The second-order valence-electron chi connectivity index (χ2n) is 9.58. The number of carbonyl (C=O) groups excluding carboxylic acids is 1. The molecule has 5 nitrogen and oxygen atoms in total. The van der Waals surface area contributed by atoms with Crippen molar-refractivity contribution < 1.29 is 4.79 Å². The van der Waals surface area contributed by atoms with E-state index in [9.17, 15) is 4.79 Å². The van der Waals surface area contributed by atoms with Crippen LogP contribution in [0.2, 0.25) is 0 Å². The van der Waals surface area contributed by atoms with Crippen LogP contribution in [0.15, 0.2) is 85.1 Å². The van der Waals surface area contributed by atoms with Crippen LogP contribution in [-0.2, 0) is 12.8 Å². The fraction of sp³-hybridized carbons (Fsp3) is 0.267. The minimum atomic E-state index is -0.143. The third-order valence-corrected chi connectivity index (χ3v) is 7.45. The number of halogens is 1. The van der Waals surface area contributed by atoms with Gasteiger partial charge in [-0.05, 0) is 61.1 Å². The van der Waals surface area contributed by atoms with Crippen LogP contribution >= 0.6 is 12.4 Å². The average molecular weight is 499 g/mol. The van der Waals surface area contributed by atoms with Gasteiger partial charge in [-0.25, -0.2) is 4.68 Å². The number of amides is 1. The lowest BCUT2D eigenvalue weighted by Gasteiger charge is -2.36. The molecule has 0 radical (unpaired) electrons. The van der Waals surface area contributed by atoms with Gasteiger partial charge in [-0.15, -0.1) is 12.4 Å². The Bertz CT molecular complexity index is 1330. The zero-order valence-electron chi connectivity index (χ0n) is 20.3. The van der Waals surface area contributed by atoms with E-state index >= 15 is 0 Å². The predicted molar refractivity (Wildman–Crippen MR) is 147 cm³/mol. The van der Waals surface area contributed by atoms with Crippen molar-refractivity contribution in [3.63, 3.8) is 0 Å². The summed E-state index contributed by atoms with van der Waals surface area (Å²) in [6.07, 6.45) is 7.86. The summed E-state index contributed by atoms with van der Waals surface area (Å²) in [4.78, 5) is 16.2. The highest BCUT2D eigenvalue weighted by Crippen LogP contribution is 2.30. The van der Waals surface area contributed by atoms with Gasteiger partial charge in [0.1, 0.15) is 0 Å². The van der Waals surface area contributed by atoms with Crippen molar-refractivity contribution in [2.24, 2.45) is 0 Å². The SMILES string of the molecule is Cl.O=C(Nc1ccc2c(c1)CCN(C1CCC1)CC2)c1cnn(-c2ccccc2)c1-c1ccccc1. The standard InChI is InChI=1S/C30H30N4O.ClH/c35-30(32-25-15-14-22-16-18-33(26-12-7-13-26)19-17-24(22)20-25)28-21-31-34(27-10-5-2-6-11-27)29(28)23-8-3-1-4-9-23;/h1-6,8-11,14-15,20-21,26H,7,12-13,16-19H2,(H,32,35);1H. The fourth-order valence-electron chi connectivity index (χ4n) is 5.29. The summed E-state index contributed by atoms with van der Waals surface area (Å²) in [6.45, 7) is 2.25. The Kier molecular flexibility index (Phi) is 7.21. The van der Waals surface area contributed by atoms with Crippen molar-refractivity contribution in [3.05, 3.63) is 102 Å². The summed E-state index contributed by atoms with van der Waals surface area (Å²) in [5.74, 6) is -0.143. The van der Waals surface area contributed by atoms with E-state index in [2.05, 4.69) is 27.4 Å². The first-order valence-electron chi connectivity index (χ1n) is 12.6. The van der Waals surface area contributed by atoms with Crippen molar-refractivity contribution in [1.82, 2.24) is 14.7 Å². The normalized spacial score (nSPS) is 15.8. The number of aromatic nitrogens is 2. The second kappa shape index (κ2) is 10.7. The smallest absolute Gasteiger partial charge is 0.259 e. The number of hydrogen-bond acceptors (Lipinski definition) is 3. The molecule has 6 rings (SSSR count). The summed E-state index contributed by atoms with van der Waals surface area (Å²) in [6, 6.07) is 27.1. The van der Waals surface area contributed by atoms with E-state index in [1.54, 1.807) is 6.20 Å². The highest BCUT2D eigenvalue weighted by atomic mass is 35.5. The Hall–Kier alpha value is -3.41. The molecule has 1 aromatic heterocycles. The van der Waals surface area contributed by atoms with Crippen LogP contribution in [0, 0.1) is 0 Å². The number of anilines is 1. The number of nitrogens with zero attached hydrogens (tertiary/aromatic N) is 3. The number of fused-ring (bicyclic) bond motifs is 1. The van der Waals surface area contributed by atoms with E-state index in [-0.39, 0.29) is 18.3 Å². The van der Waals surface area contributed by atoms with Crippen LogP contribution in [0.1, 0.15) is 40.7 Å². The Morgan fingerprint density at radius 1 is 0.861 bits per heavy atom. The predicted octanol–water partition coefficient (Wildman–Crippen LogP) is 6.17. The van der Waals surface area contributed by atoms with Gasteiger partial charge < -0.3 is 5.32 Å². The van der Waals surface area contributed by atoms with E-state index in [0.29, 0.717) is 5.56 Å². The molecule has 1 amide bonds. The summed E-state index contributed by atoms with van der Waals surface area (Å²) < 4.78 is 1.84. The summed E-state index contributed by atoms with van der Waals surface area (Å²) in [5.41, 5.74) is 6.84. The molecule has 2 aliphatic rings. The van der Waals surface area contributed by atoms with Gasteiger partial charge in [0.05, 0.1) is 23.1 Å². The van der Waals surface area contributed by atoms with Crippen LogP contribution in [0.25, 0.3) is 16.9 Å². The number of hydrogen-bond donors (Lipinski definition) is 1. The summed E-state index contributed by atoms with van der Waals surface area (Å²) in [7, 11) is 0. The molecule has 3 aromatic carbocycles. The van der Waals surface area contributed by atoms with Crippen LogP contribution < -0.4 is 5.32 Å². The molecule has 2 heterocycles. The molecular weight excluding hydrogens is 468 g/mol. The molecule has 0 saturated heterocycles. The van der Waals surface area contributed by atoms with Gasteiger partial charge in [-0.2, -0.15) is 5.10 Å². The highest BCUT2D eigenvalue weighted by molar-refractivity contribution is 6.08. The zero-order chi connectivity index (χ0) is 23.6. The van der Waals surface area contributed by atoms with Gasteiger partial charge in [0.2, 0.25) is 0 Å². The molecule has 6 heteroatoms. The molecular formula is C30H31ClN4O. The van der Waals surface area contributed by atoms with Crippen molar-refractivity contribution in [1.29, 1.82) is 0 Å². The maximum atomic E-state index is 13.5. The van der Waals surface area contributed by atoms with Crippen LogP contribution in [0.4, 0.5) is 5.69 Å².